The molecule has 1 aromatic heterocycles. The van der Waals surface area contributed by atoms with Crippen molar-refractivity contribution < 1.29 is 9.53 Å². The van der Waals surface area contributed by atoms with E-state index >= 15 is 0 Å². The van der Waals surface area contributed by atoms with Crippen LogP contribution in [-0.2, 0) is 4.74 Å². The summed E-state index contributed by atoms with van der Waals surface area (Å²) in [6.07, 6.45) is 5.52. The zero-order chi connectivity index (χ0) is 17.0. The molecule has 1 saturated heterocycles. The summed E-state index contributed by atoms with van der Waals surface area (Å²) in [5, 5.41) is 0.489. The Bertz CT molecular complexity index is 568. The SMILES string of the molecule is CC1CN(C(=O)OC(C)(C)C)CCC1/C=N/c1ncc(Cl)cn1. The molecular weight excluding hydrogens is 316 g/mol. The normalized spacial score (nSPS) is 22.4. The van der Waals surface area contributed by atoms with Crippen LogP contribution in [0.4, 0.5) is 10.7 Å². The highest BCUT2D eigenvalue weighted by Gasteiger charge is 2.30. The van der Waals surface area contributed by atoms with Crippen LogP contribution in [0.1, 0.15) is 34.1 Å². The van der Waals surface area contributed by atoms with Crippen molar-refractivity contribution in [1.82, 2.24) is 14.9 Å². The van der Waals surface area contributed by atoms with Crippen molar-refractivity contribution in [2.45, 2.75) is 39.7 Å². The summed E-state index contributed by atoms with van der Waals surface area (Å²) in [4.78, 5) is 26.3. The number of likely N-dealkylation sites (tertiary alicyclic amines) is 1. The highest BCUT2D eigenvalue weighted by Crippen LogP contribution is 2.24. The molecule has 2 rings (SSSR count). The molecule has 0 saturated carbocycles. The minimum Gasteiger partial charge on any atom is -0.444 e. The molecule has 0 aliphatic carbocycles. The molecule has 2 unspecified atom stereocenters. The molecule has 1 aliphatic rings. The first-order valence-electron chi connectivity index (χ1n) is 7.74. The lowest BCUT2D eigenvalue weighted by Crippen LogP contribution is -2.45. The lowest BCUT2D eigenvalue weighted by molar-refractivity contribution is 0.0152. The average molecular weight is 339 g/mol. The Kier molecular flexibility index (Phi) is 5.57. The number of aromatic nitrogens is 2. The molecule has 0 bridgehead atoms. The van der Waals surface area contributed by atoms with Gasteiger partial charge in [-0.2, -0.15) is 0 Å². The van der Waals surface area contributed by atoms with Crippen molar-refractivity contribution >= 4 is 29.9 Å². The predicted molar refractivity (Wildman–Crippen MR) is 90.3 cm³/mol. The Morgan fingerprint density at radius 2 is 2.09 bits per heavy atom. The molecule has 6 nitrogen and oxygen atoms in total. The van der Waals surface area contributed by atoms with E-state index in [-0.39, 0.29) is 12.0 Å². The molecule has 0 spiro atoms. The fraction of sp³-hybridized carbons (Fsp3) is 0.625. The van der Waals surface area contributed by atoms with Gasteiger partial charge in [0.2, 0.25) is 5.95 Å². The van der Waals surface area contributed by atoms with E-state index in [2.05, 4.69) is 21.9 Å². The van der Waals surface area contributed by atoms with E-state index in [4.69, 9.17) is 16.3 Å². The molecular formula is C16H23ClN4O2. The second kappa shape index (κ2) is 7.25. The molecule has 7 heteroatoms. The number of amides is 1. The standard InChI is InChI=1S/C16H23ClN4O2/c1-11-10-21(15(22)23-16(2,3)4)6-5-12(11)7-18-14-19-8-13(17)9-20-14/h7-9,11-12H,5-6,10H2,1-4H3/b18-7+. The van der Waals surface area contributed by atoms with Gasteiger partial charge in [0.1, 0.15) is 5.60 Å². The van der Waals surface area contributed by atoms with Crippen molar-refractivity contribution in [3.63, 3.8) is 0 Å². The summed E-state index contributed by atoms with van der Waals surface area (Å²) in [5.41, 5.74) is -0.468. The minimum atomic E-state index is -0.468. The third-order valence-electron chi connectivity index (χ3n) is 3.61. The Labute approximate surface area is 141 Å². The van der Waals surface area contributed by atoms with Crippen LogP contribution in [0.25, 0.3) is 0 Å². The first kappa shape index (κ1) is 17.7. The third kappa shape index (κ3) is 5.46. The van der Waals surface area contributed by atoms with Gasteiger partial charge in [-0.25, -0.2) is 19.8 Å². The van der Waals surface area contributed by atoms with Crippen molar-refractivity contribution in [2.75, 3.05) is 13.1 Å². The van der Waals surface area contributed by atoms with E-state index in [0.717, 1.165) is 6.42 Å². The van der Waals surface area contributed by atoms with Gasteiger partial charge < -0.3 is 9.64 Å². The maximum atomic E-state index is 12.1. The quantitative estimate of drug-likeness (QED) is 0.770. The Hall–Kier alpha value is -1.69. The van der Waals surface area contributed by atoms with Gasteiger partial charge >= 0.3 is 6.09 Å². The van der Waals surface area contributed by atoms with Gasteiger partial charge in [0.25, 0.3) is 0 Å². The molecule has 126 valence electrons. The van der Waals surface area contributed by atoms with Crippen molar-refractivity contribution in [3.8, 4) is 0 Å². The van der Waals surface area contributed by atoms with Crippen LogP contribution in [0.2, 0.25) is 5.02 Å². The molecule has 23 heavy (non-hydrogen) atoms. The number of aliphatic imine (C=N–C) groups is 1. The van der Waals surface area contributed by atoms with Gasteiger partial charge in [-0.3, -0.25) is 0 Å². The molecule has 0 aromatic carbocycles. The van der Waals surface area contributed by atoms with Gasteiger partial charge in [-0.05, 0) is 33.1 Å². The van der Waals surface area contributed by atoms with E-state index in [1.165, 1.54) is 12.4 Å². The van der Waals surface area contributed by atoms with E-state index in [9.17, 15) is 4.79 Å². The maximum absolute atomic E-state index is 12.1. The smallest absolute Gasteiger partial charge is 0.410 e. The molecule has 1 aromatic rings. The van der Waals surface area contributed by atoms with Gasteiger partial charge in [0, 0.05) is 25.2 Å². The van der Waals surface area contributed by atoms with E-state index in [1.54, 1.807) is 4.90 Å². The molecule has 1 aliphatic heterocycles. The Balaban J connectivity index is 1.91. The number of carbonyl (C=O) groups is 1. The van der Waals surface area contributed by atoms with Crippen LogP contribution >= 0.6 is 11.6 Å². The molecule has 2 atom stereocenters. The number of piperidine rings is 1. The predicted octanol–water partition coefficient (Wildman–Crippen LogP) is 3.73. The fourth-order valence-electron chi connectivity index (χ4n) is 2.41. The molecule has 0 N–H and O–H groups in total. The van der Waals surface area contributed by atoms with E-state index in [1.807, 2.05) is 27.0 Å². The number of rotatable bonds is 2. The lowest BCUT2D eigenvalue weighted by Gasteiger charge is -2.36. The van der Waals surface area contributed by atoms with Crippen molar-refractivity contribution in [3.05, 3.63) is 17.4 Å². The zero-order valence-corrected chi connectivity index (χ0v) is 14.7. The number of hydrogen-bond acceptors (Lipinski definition) is 5. The van der Waals surface area contributed by atoms with Crippen LogP contribution in [0.3, 0.4) is 0 Å². The number of nitrogens with zero attached hydrogens (tertiary/aromatic N) is 4. The molecule has 1 amide bonds. The largest absolute Gasteiger partial charge is 0.444 e. The van der Waals surface area contributed by atoms with Crippen LogP contribution in [0.15, 0.2) is 17.4 Å². The number of carbonyl (C=O) groups excluding carboxylic acids is 1. The monoisotopic (exact) mass is 338 g/mol. The Morgan fingerprint density at radius 1 is 1.43 bits per heavy atom. The van der Waals surface area contributed by atoms with Crippen LogP contribution in [0, 0.1) is 11.8 Å². The van der Waals surface area contributed by atoms with Crippen molar-refractivity contribution in [1.29, 1.82) is 0 Å². The van der Waals surface area contributed by atoms with Gasteiger partial charge in [0.05, 0.1) is 17.4 Å². The van der Waals surface area contributed by atoms with Crippen LogP contribution in [-0.4, -0.2) is 45.9 Å². The molecule has 1 fully saturated rings. The second-order valence-electron chi connectivity index (χ2n) is 6.84. The summed E-state index contributed by atoms with van der Waals surface area (Å²) in [7, 11) is 0. The number of ether oxygens (including phenoxy) is 1. The first-order valence-corrected chi connectivity index (χ1v) is 8.12. The fourth-order valence-corrected chi connectivity index (χ4v) is 2.51. The summed E-state index contributed by atoms with van der Waals surface area (Å²) in [6, 6.07) is 0. The van der Waals surface area contributed by atoms with Crippen molar-refractivity contribution in [2.24, 2.45) is 16.8 Å². The first-order chi connectivity index (χ1) is 10.7. The maximum Gasteiger partial charge on any atom is 0.410 e. The third-order valence-corrected chi connectivity index (χ3v) is 3.81. The number of hydrogen-bond donors (Lipinski definition) is 0. The van der Waals surface area contributed by atoms with Gasteiger partial charge in [-0.1, -0.05) is 18.5 Å². The summed E-state index contributed by atoms with van der Waals surface area (Å²) < 4.78 is 5.42. The van der Waals surface area contributed by atoms with Gasteiger partial charge in [-0.15, -0.1) is 0 Å². The highest BCUT2D eigenvalue weighted by molar-refractivity contribution is 6.30. The summed E-state index contributed by atoms with van der Waals surface area (Å²) >= 11 is 5.75. The lowest BCUT2D eigenvalue weighted by atomic mass is 9.88. The zero-order valence-electron chi connectivity index (χ0n) is 14.0. The van der Waals surface area contributed by atoms with Crippen LogP contribution in [0.5, 0.6) is 0 Å². The van der Waals surface area contributed by atoms with Gasteiger partial charge in [0.15, 0.2) is 0 Å². The summed E-state index contributed by atoms with van der Waals surface area (Å²) in [5.74, 6) is 0.983. The van der Waals surface area contributed by atoms with E-state index in [0.29, 0.717) is 30.0 Å². The molecule has 0 radical (unpaired) electrons. The topological polar surface area (TPSA) is 67.7 Å². The minimum absolute atomic E-state index is 0.249. The molecule has 2 heterocycles. The Morgan fingerprint density at radius 3 is 2.65 bits per heavy atom. The number of halogens is 1. The second-order valence-corrected chi connectivity index (χ2v) is 7.27. The van der Waals surface area contributed by atoms with E-state index < -0.39 is 5.60 Å². The average Bonchev–Trinajstić information content (AvgIpc) is 2.46. The summed E-state index contributed by atoms with van der Waals surface area (Å²) in [6.45, 7) is 9.06. The van der Waals surface area contributed by atoms with Crippen LogP contribution < -0.4 is 0 Å². The highest BCUT2D eigenvalue weighted by atomic mass is 35.5.